The molecule has 1 aromatic carbocycles. The Kier molecular flexibility index (Phi) is 3.87. The van der Waals surface area contributed by atoms with Gasteiger partial charge in [-0.05, 0) is 24.3 Å². The topological polar surface area (TPSA) is 117 Å². The summed E-state index contributed by atoms with van der Waals surface area (Å²) < 4.78 is 24.2. The van der Waals surface area contributed by atoms with Crippen LogP contribution in [0.3, 0.4) is 0 Å². The fraction of sp³-hybridized carbons (Fsp3) is 0.385. The number of benzene rings is 1. The van der Waals surface area contributed by atoms with Crippen molar-refractivity contribution in [2.45, 2.75) is 37.6 Å². The van der Waals surface area contributed by atoms with Crippen LogP contribution in [0.1, 0.15) is 32.2 Å². The van der Waals surface area contributed by atoms with Crippen molar-refractivity contribution in [1.29, 1.82) is 0 Å². The summed E-state index contributed by atoms with van der Waals surface area (Å²) in [5, 5.41) is 13.3. The molecule has 2 rings (SSSR count). The molecule has 0 bridgehead atoms. The van der Waals surface area contributed by atoms with Gasteiger partial charge in [-0.15, -0.1) is 5.10 Å². The number of aromatic nitrogens is 3. The fourth-order valence-corrected chi connectivity index (χ4v) is 2.67. The molecule has 21 heavy (non-hydrogen) atoms. The average molecular weight is 309 g/mol. The quantitative estimate of drug-likeness (QED) is 0.864. The predicted octanol–water partition coefficient (Wildman–Crippen LogP) is 0.671. The molecule has 0 aliphatic carbocycles. The van der Waals surface area contributed by atoms with Crippen LogP contribution in [0.4, 0.5) is 0 Å². The third-order valence-corrected chi connectivity index (χ3v) is 3.98. The molecule has 0 saturated heterocycles. The number of rotatable bonds is 3. The Balaban J connectivity index is 2.55. The molecular weight excluding hydrogens is 290 g/mol. The summed E-state index contributed by atoms with van der Waals surface area (Å²) in [6.45, 7) is 6.42. The predicted molar refractivity (Wildman–Crippen MR) is 79.3 cm³/mol. The van der Waals surface area contributed by atoms with E-state index in [2.05, 4.69) is 10.3 Å². The SMILES string of the molecule is CC(C)(C)c1c(CN)nnn1-c1ccc(S(N)(=O)=O)cc1. The van der Waals surface area contributed by atoms with Gasteiger partial charge in [-0.1, -0.05) is 26.0 Å². The molecule has 0 atom stereocenters. The molecule has 0 aliphatic heterocycles. The lowest BCUT2D eigenvalue weighted by atomic mass is 9.90. The van der Waals surface area contributed by atoms with Crippen LogP contribution in [0.2, 0.25) is 0 Å². The minimum absolute atomic E-state index is 0.0581. The first-order valence-electron chi connectivity index (χ1n) is 6.43. The Morgan fingerprint density at radius 2 is 1.76 bits per heavy atom. The van der Waals surface area contributed by atoms with Gasteiger partial charge in [0.05, 0.1) is 16.3 Å². The lowest BCUT2D eigenvalue weighted by molar-refractivity contribution is 0.537. The summed E-state index contributed by atoms with van der Waals surface area (Å²) in [4.78, 5) is 0.0581. The highest BCUT2D eigenvalue weighted by Gasteiger charge is 2.25. The van der Waals surface area contributed by atoms with Crippen molar-refractivity contribution < 1.29 is 8.42 Å². The van der Waals surface area contributed by atoms with Gasteiger partial charge in [0.25, 0.3) is 0 Å². The van der Waals surface area contributed by atoms with Crippen LogP contribution in [0.25, 0.3) is 5.69 Å². The number of hydrogen-bond donors (Lipinski definition) is 2. The van der Waals surface area contributed by atoms with Gasteiger partial charge in [-0.25, -0.2) is 18.2 Å². The zero-order valence-corrected chi connectivity index (χ0v) is 13.1. The Hall–Kier alpha value is -1.77. The molecule has 8 heteroatoms. The molecule has 114 valence electrons. The van der Waals surface area contributed by atoms with Crippen molar-refractivity contribution >= 4 is 10.0 Å². The van der Waals surface area contributed by atoms with E-state index in [1.165, 1.54) is 12.1 Å². The van der Waals surface area contributed by atoms with Gasteiger partial charge < -0.3 is 5.73 Å². The van der Waals surface area contributed by atoms with E-state index in [1.807, 2.05) is 20.8 Å². The van der Waals surface area contributed by atoms with Crippen LogP contribution in [-0.2, 0) is 22.0 Å². The Labute approximate surface area is 124 Å². The van der Waals surface area contributed by atoms with Crippen molar-refractivity contribution in [3.63, 3.8) is 0 Å². The summed E-state index contributed by atoms with van der Waals surface area (Å²) in [6.07, 6.45) is 0. The molecular formula is C13H19N5O2S. The number of hydrogen-bond acceptors (Lipinski definition) is 5. The number of primary sulfonamides is 1. The number of sulfonamides is 1. The average Bonchev–Trinajstić information content (AvgIpc) is 2.81. The van der Waals surface area contributed by atoms with Gasteiger partial charge >= 0.3 is 0 Å². The van der Waals surface area contributed by atoms with E-state index in [4.69, 9.17) is 10.9 Å². The summed E-state index contributed by atoms with van der Waals surface area (Å²) in [7, 11) is -3.71. The highest BCUT2D eigenvalue weighted by molar-refractivity contribution is 7.89. The molecule has 1 aromatic heterocycles. The monoisotopic (exact) mass is 309 g/mol. The third kappa shape index (κ3) is 3.12. The second-order valence-corrected chi connectivity index (χ2v) is 7.35. The van der Waals surface area contributed by atoms with Crippen LogP contribution in [0, 0.1) is 0 Å². The molecule has 1 heterocycles. The molecule has 0 radical (unpaired) electrons. The van der Waals surface area contributed by atoms with Crippen molar-refractivity contribution in [1.82, 2.24) is 15.0 Å². The lowest BCUT2D eigenvalue weighted by Gasteiger charge is -2.21. The first-order chi connectivity index (χ1) is 9.64. The Morgan fingerprint density at radius 3 is 2.19 bits per heavy atom. The van der Waals surface area contributed by atoms with Crippen LogP contribution >= 0.6 is 0 Å². The standard InChI is InChI=1S/C13H19N5O2S/c1-13(2,3)12-11(8-14)16-17-18(12)9-4-6-10(7-5-9)21(15,19)20/h4-7H,8,14H2,1-3H3,(H2,15,19,20). The van der Waals surface area contributed by atoms with E-state index in [1.54, 1.807) is 16.8 Å². The van der Waals surface area contributed by atoms with E-state index < -0.39 is 10.0 Å². The Morgan fingerprint density at radius 1 is 1.19 bits per heavy atom. The van der Waals surface area contributed by atoms with E-state index >= 15 is 0 Å². The van der Waals surface area contributed by atoms with Gasteiger partial charge in [-0.2, -0.15) is 0 Å². The van der Waals surface area contributed by atoms with Gasteiger partial charge in [-0.3, -0.25) is 0 Å². The lowest BCUT2D eigenvalue weighted by Crippen LogP contribution is -2.20. The van der Waals surface area contributed by atoms with Crippen molar-refractivity contribution in [3.05, 3.63) is 35.7 Å². The van der Waals surface area contributed by atoms with E-state index in [9.17, 15) is 8.42 Å². The molecule has 0 spiro atoms. The van der Waals surface area contributed by atoms with Crippen LogP contribution < -0.4 is 10.9 Å². The fourth-order valence-electron chi connectivity index (χ4n) is 2.16. The maximum absolute atomic E-state index is 11.3. The summed E-state index contributed by atoms with van der Waals surface area (Å²) in [6, 6.07) is 6.18. The van der Waals surface area contributed by atoms with Crippen LogP contribution in [0.15, 0.2) is 29.2 Å². The smallest absolute Gasteiger partial charge is 0.238 e. The van der Waals surface area contributed by atoms with E-state index in [0.717, 1.165) is 11.4 Å². The first-order valence-corrected chi connectivity index (χ1v) is 7.97. The maximum atomic E-state index is 11.3. The molecule has 2 aromatic rings. The minimum atomic E-state index is -3.71. The van der Waals surface area contributed by atoms with Gasteiger partial charge in [0, 0.05) is 12.0 Å². The van der Waals surface area contributed by atoms with Crippen molar-refractivity contribution in [3.8, 4) is 5.69 Å². The molecule has 7 nitrogen and oxygen atoms in total. The highest BCUT2D eigenvalue weighted by atomic mass is 32.2. The minimum Gasteiger partial charge on any atom is -0.325 e. The summed E-state index contributed by atoms with van der Waals surface area (Å²) in [5.74, 6) is 0. The van der Waals surface area contributed by atoms with Gasteiger partial charge in [0.15, 0.2) is 0 Å². The second-order valence-electron chi connectivity index (χ2n) is 5.79. The van der Waals surface area contributed by atoms with Crippen molar-refractivity contribution in [2.75, 3.05) is 0 Å². The highest BCUT2D eigenvalue weighted by Crippen LogP contribution is 2.27. The second kappa shape index (κ2) is 5.21. The molecule has 0 fully saturated rings. The molecule has 0 aliphatic rings. The molecule has 0 saturated carbocycles. The van der Waals surface area contributed by atoms with Gasteiger partial charge in [0.2, 0.25) is 10.0 Å². The number of nitrogens with zero attached hydrogens (tertiary/aromatic N) is 3. The summed E-state index contributed by atoms with van der Waals surface area (Å²) in [5.41, 5.74) is 7.84. The zero-order chi connectivity index (χ0) is 15.8. The maximum Gasteiger partial charge on any atom is 0.238 e. The first kappa shape index (κ1) is 15.6. The normalized spacial score (nSPS) is 12.6. The van der Waals surface area contributed by atoms with E-state index in [-0.39, 0.29) is 10.3 Å². The summed E-state index contributed by atoms with van der Waals surface area (Å²) >= 11 is 0. The largest absolute Gasteiger partial charge is 0.325 e. The van der Waals surface area contributed by atoms with Crippen LogP contribution in [0.5, 0.6) is 0 Å². The third-order valence-electron chi connectivity index (χ3n) is 3.05. The van der Waals surface area contributed by atoms with E-state index in [0.29, 0.717) is 12.2 Å². The Bertz CT molecular complexity index is 742. The number of nitrogens with two attached hydrogens (primary N) is 2. The molecule has 4 N–H and O–H groups in total. The van der Waals surface area contributed by atoms with Gasteiger partial charge in [0.1, 0.15) is 5.69 Å². The molecule has 0 amide bonds. The molecule has 0 unspecified atom stereocenters. The van der Waals surface area contributed by atoms with Crippen LogP contribution in [-0.4, -0.2) is 23.4 Å². The van der Waals surface area contributed by atoms with Crippen molar-refractivity contribution in [2.24, 2.45) is 10.9 Å². The zero-order valence-electron chi connectivity index (χ0n) is 12.2.